The Hall–Kier alpha value is -3.70. The van der Waals surface area contributed by atoms with Gasteiger partial charge in [-0.1, -0.05) is 0 Å². The quantitative estimate of drug-likeness (QED) is 0.579. The predicted octanol–water partition coefficient (Wildman–Crippen LogP) is 1.89. The third kappa shape index (κ3) is 3.56. The number of nitriles is 1. The van der Waals surface area contributed by atoms with E-state index >= 15 is 0 Å². The van der Waals surface area contributed by atoms with Crippen LogP contribution in [0.4, 0.5) is 5.82 Å². The molecule has 0 saturated carbocycles. The summed E-state index contributed by atoms with van der Waals surface area (Å²) in [7, 11) is 1.80. The van der Waals surface area contributed by atoms with E-state index in [1.54, 1.807) is 24.0 Å². The summed E-state index contributed by atoms with van der Waals surface area (Å²) in [5.41, 5.74) is 4.56. The number of allylic oxidation sites excluding steroid dienone is 1. The topological polar surface area (TPSA) is 105 Å². The van der Waals surface area contributed by atoms with Gasteiger partial charge in [0.15, 0.2) is 0 Å². The van der Waals surface area contributed by atoms with E-state index in [9.17, 15) is 5.26 Å². The summed E-state index contributed by atoms with van der Waals surface area (Å²) in [6.07, 6.45) is 8.30. The van der Waals surface area contributed by atoms with E-state index in [2.05, 4.69) is 31.7 Å². The van der Waals surface area contributed by atoms with Gasteiger partial charge < -0.3 is 20.9 Å². The zero-order valence-electron chi connectivity index (χ0n) is 16.2. The van der Waals surface area contributed by atoms with Gasteiger partial charge in [0.25, 0.3) is 0 Å². The van der Waals surface area contributed by atoms with Crippen LogP contribution in [0.2, 0.25) is 0 Å². The van der Waals surface area contributed by atoms with Gasteiger partial charge in [-0.05, 0) is 18.2 Å². The Morgan fingerprint density at radius 2 is 2.14 bits per heavy atom. The third-order valence-electron chi connectivity index (χ3n) is 5.02. The van der Waals surface area contributed by atoms with Crippen LogP contribution in [0, 0.1) is 16.7 Å². The molecule has 146 valence electrons. The van der Waals surface area contributed by atoms with Crippen molar-refractivity contribution in [2.45, 2.75) is 0 Å². The molecule has 0 radical (unpaired) electrons. The Balaban J connectivity index is 1.82. The molecule has 0 atom stereocenters. The molecular formula is C21H22N8. The number of nitrogens with one attached hydrogen (secondary N) is 3. The average molecular weight is 386 g/mol. The molecule has 3 aromatic rings. The molecule has 1 saturated heterocycles. The maximum Gasteiger partial charge on any atom is 0.128 e. The maximum atomic E-state index is 9.53. The van der Waals surface area contributed by atoms with Crippen molar-refractivity contribution in [2.75, 3.05) is 38.1 Å². The van der Waals surface area contributed by atoms with Crippen molar-refractivity contribution in [3.63, 3.8) is 0 Å². The summed E-state index contributed by atoms with van der Waals surface area (Å²) in [5, 5.41) is 27.9. The SMILES string of the molecule is CN/C=C(\C=N)c1cc(-c2ccc(N3CCNCC3)nc2)c2c(C#N)cnn2c1. The minimum absolute atomic E-state index is 0.506. The number of pyridine rings is 2. The molecule has 3 N–H and O–H groups in total. The molecular weight excluding hydrogens is 364 g/mol. The van der Waals surface area contributed by atoms with Gasteiger partial charge >= 0.3 is 0 Å². The molecule has 3 aromatic heterocycles. The largest absolute Gasteiger partial charge is 0.393 e. The molecule has 0 spiro atoms. The highest BCUT2D eigenvalue weighted by molar-refractivity contribution is 6.08. The van der Waals surface area contributed by atoms with E-state index in [0.717, 1.165) is 59.8 Å². The number of hydrogen-bond donors (Lipinski definition) is 3. The Morgan fingerprint density at radius 3 is 2.79 bits per heavy atom. The molecule has 1 aliphatic heterocycles. The van der Waals surface area contributed by atoms with Gasteiger partial charge in [-0.2, -0.15) is 10.4 Å². The molecule has 4 heterocycles. The van der Waals surface area contributed by atoms with Crippen molar-refractivity contribution in [1.82, 2.24) is 25.2 Å². The van der Waals surface area contributed by atoms with E-state index in [-0.39, 0.29) is 0 Å². The minimum atomic E-state index is 0.506. The van der Waals surface area contributed by atoms with E-state index in [1.807, 2.05) is 30.6 Å². The van der Waals surface area contributed by atoms with Crippen molar-refractivity contribution >= 4 is 23.1 Å². The van der Waals surface area contributed by atoms with Crippen molar-refractivity contribution in [3.05, 3.63) is 54.1 Å². The number of rotatable bonds is 5. The van der Waals surface area contributed by atoms with Gasteiger partial charge in [0.05, 0.1) is 17.3 Å². The highest BCUT2D eigenvalue weighted by atomic mass is 15.2. The first-order valence-electron chi connectivity index (χ1n) is 9.47. The first-order chi connectivity index (χ1) is 14.2. The molecule has 8 heteroatoms. The summed E-state index contributed by atoms with van der Waals surface area (Å²) in [6, 6.07) is 8.25. The Bertz CT molecular complexity index is 1100. The second kappa shape index (κ2) is 8.12. The summed E-state index contributed by atoms with van der Waals surface area (Å²) in [6.45, 7) is 3.78. The number of piperazine rings is 1. The van der Waals surface area contributed by atoms with Crippen molar-refractivity contribution in [2.24, 2.45) is 0 Å². The average Bonchev–Trinajstić information content (AvgIpc) is 3.21. The standard InChI is InChI=1S/C21H22N8/c1-24-11-17(9-22)16-8-19(21-18(10-23)13-27-29(21)14-16)15-2-3-20(26-12-15)28-6-4-25-5-7-28/h2-3,8-9,11-14,22,24-25H,4-7H2,1H3/b17-11+,22-9?. The van der Waals surface area contributed by atoms with Crippen LogP contribution >= 0.6 is 0 Å². The lowest BCUT2D eigenvalue weighted by molar-refractivity contribution is 0.585. The summed E-state index contributed by atoms with van der Waals surface area (Å²) >= 11 is 0. The molecule has 4 rings (SSSR count). The van der Waals surface area contributed by atoms with Crippen LogP contribution in [0.25, 0.3) is 22.2 Å². The fourth-order valence-electron chi connectivity index (χ4n) is 3.57. The molecule has 1 fully saturated rings. The zero-order valence-corrected chi connectivity index (χ0v) is 16.2. The number of fused-ring (bicyclic) bond motifs is 1. The van der Waals surface area contributed by atoms with Crippen molar-refractivity contribution in [1.29, 1.82) is 10.7 Å². The monoisotopic (exact) mass is 386 g/mol. The fraction of sp³-hybridized carbons (Fsp3) is 0.238. The van der Waals surface area contributed by atoms with E-state index in [4.69, 9.17) is 5.41 Å². The van der Waals surface area contributed by atoms with Crippen LogP contribution in [0.3, 0.4) is 0 Å². The van der Waals surface area contributed by atoms with E-state index in [0.29, 0.717) is 5.56 Å². The van der Waals surface area contributed by atoms with Crippen LogP contribution in [0.5, 0.6) is 0 Å². The molecule has 8 nitrogen and oxygen atoms in total. The van der Waals surface area contributed by atoms with Gasteiger partial charge in [-0.3, -0.25) is 0 Å². The number of hydrogen-bond acceptors (Lipinski definition) is 7. The molecule has 0 amide bonds. The van der Waals surface area contributed by atoms with E-state index < -0.39 is 0 Å². The van der Waals surface area contributed by atoms with Crippen molar-refractivity contribution in [3.8, 4) is 17.2 Å². The van der Waals surface area contributed by atoms with Gasteiger partial charge in [-0.25, -0.2) is 9.50 Å². The molecule has 0 aliphatic carbocycles. The lowest BCUT2D eigenvalue weighted by Gasteiger charge is -2.28. The van der Waals surface area contributed by atoms with Crippen LogP contribution in [-0.2, 0) is 0 Å². The zero-order chi connectivity index (χ0) is 20.2. The normalized spacial score (nSPS) is 14.6. The van der Waals surface area contributed by atoms with Gasteiger partial charge in [0.2, 0.25) is 0 Å². The molecule has 29 heavy (non-hydrogen) atoms. The molecule has 1 aliphatic rings. The van der Waals surface area contributed by atoms with Gasteiger partial charge in [-0.15, -0.1) is 0 Å². The van der Waals surface area contributed by atoms with Gasteiger partial charge in [0, 0.05) is 80.3 Å². The third-order valence-corrected chi connectivity index (χ3v) is 5.02. The molecule has 0 bridgehead atoms. The maximum absolute atomic E-state index is 9.53. The summed E-state index contributed by atoms with van der Waals surface area (Å²) in [5.74, 6) is 0.951. The first-order valence-corrected chi connectivity index (χ1v) is 9.47. The minimum Gasteiger partial charge on any atom is -0.393 e. The Morgan fingerprint density at radius 1 is 1.31 bits per heavy atom. The van der Waals surface area contributed by atoms with Gasteiger partial charge in [0.1, 0.15) is 11.9 Å². The predicted molar refractivity (Wildman–Crippen MR) is 114 cm³/mol. The van der Waals surface area contributed by atoms with Crippen molar-refractivity contribution < 1.29 is 0 Å². The molecule has 0 unspecified atom stereocenters. The summed E-state index contributed by atoms with van der Waals surface area (Å²) in [4.78, 5) is 6.93. The highest BCUT2D eigenvalue weighted by Gasteiger charge is 2.16. The van der Waals surface area contributed by atoms with Crippen LogP contribution in [0.1, 0.15) is 11.1 Å². The Kier molecular flexibility index (Phi) is 5.22. The number of anilines is 1. The number of nitrogens with zero attached hydrogens (tertiary/aromatic N) is 5. The first kappa shape index (κ1) is 18.7. The fourth-order valence-corrected chi connectivity index (χ4v) is 3.57. The Labute approximate surface area is 169 Å². The van der Waals surface area contributed by atoms with E-state index in [1.165, 1.54) is 6.21 Å². The summed E-state index contributed by atoms with van der Waals surface area (Å²) < 4.78 is 1.69. The second-order valence-corrected chi connectivity index (χ2v) is 6.78. The highest BCUT2D eigenvalue weighted by Crippen LogP contribution is 2.30. The number of aromatic nitrogens is 3. The smallest absolute Gasteiger partial charge is 0.128 e. The lowest BCUT2D eigenvalue weighted by atomic mass is 10.0. The lowest BCUT2D eigenvalue weighted by Crippen LogP contribution is -2.43. The van der Waals surface area contributed by atoms with Crippen LogP contribution in [0.15, 0.2) is 43.0 Å². The molecule has 0 aromatic carbocycles. The van der Waals surface area contributed by atoms with Crippen LogP contribution in [-0.4, -0.2) is 54.0 Å². The second-order valence-electron chi connectivity index (χ2n) is 6.78. The van der Waals surface area contributed by atoms with Crippen LogP contribution < -0.4 is 15.5 Å².